The van der Waals surface area contributed by atoms with Crippen molar-refractivity contribution in [3.05, 3.63) is 0 Å². The second-order valence-corrected chi connectivity index (χ2v) is 8.35. The summed E-state index contributed by atoms with van der Waals surface area (Å²) in [5.41, 5.74) is 0. The van der Waals surface area contributed by atoms with Crippen molar-refractivity contribution in [3.8, 4) is 0 Å². The van der Waals surface area contributed by atoms with E-state index in [1.165, 1.54) is 4.31 Å². The molecule has 2 fully saturated rings. The Hall–Kier alpha value is -0.660. The third-order valence-corrected chi connectivity index (χ3v) is 6.51. The number of nitrogens with zero attached hydrogens (tertiary/aromatic N) is 1. The molecule has 0 aromatic heterocycles. The molecule has 0 aromatic rings. The number of amides is 1. The van der Waals surface area contributed by atoms with E-state index in [1.54, 1.807) is 6.92 Å². The molecule has 6 nitrogen and oxygen atoms in total. The van der Waals surface area contributed by atoms with Crippen LogP contribution in [0.25, 0.3) is 0 Å². The van der Waals surface area contributed by atoms with Crippen LogP contribution >= 0.6 is 0 Å². The van der Waals surface area contributed by atoms with Gasteiger partial charge in [-0.1, -0.05) is 0 Å². The lowest BCUT2D eigenvalue weighted by molar-refractivity contribution is -0.127. The van der Waals surface area contributed by atoms with Crippen molar-refractivity contribution < 1.29 is 18.3 Å². The molecule has 1 aliphatic carbocycles. The molecular weight excluding hydrogens is 292 g/mol. The van der Waals surface area contributed by atoms with Crippen LogP contribution in [0.1, 0.15) is 45.4 Å². The first-order valence-electron chi connectivity index (χ1n) is 7.88. The Labute approximate surface area is 126 Å². The first kappa shape index (κ1) is 16.7. The molecule has 7 heteroatoms. The van der Waals surface area contributed by atoms with Gasteiger partial charge in [0.1, 0.15) is 0 Å². The molecule has 2 rings (SSSR count). The first-order chi connectivity index (χ1) is 9.92. The lowest BCUT2D eigenvalue weighted by atomic mass is 9.91. The molecular formula is C14H26N2O4S. The summed E-state index contributed by atoms with van der Waals surface area (Å²) in [4.78, 5) is 12.2. The standard InChI is InChI=1S/C14H26N2O4S/c1-2-21(19,20)16-9-7-11(8-10-16)14(18)15-12-3-5-13(17)6-4-12/h11-13,17H,2-10H2,1H3,(H,15,18). The molecule has 1 saturated carbocycles. The molecule has 2 aliphatic rings. The van der Waals surface area contributed by atoms with Crippen LogP contribution in [0.4, 0.5) is 0 Å². The van der Waals surface area contributed by atoms with Crippen LogP contribution in [0.15, 0.2) is 0 Å². The zero-order valence-corrected chi connectivity index (χ0v) is 13.4. The largest absolute Gasteiger partial charge is 0.393 e. The SMILES string of the molecule is CCS(=O)(=O)N1CCC(C(=O)NC2CCC(O)CC2)CC1. The Balaban J connectivity index is 1.78. The summed E-state index contributed by atoms with van der Waals surface area (Å²) < 4.78 is 25.1. The highest BCUT2D eigenvalue weighted by molar-refractivity contribution is 7.89. The van der Waals surface area contributed by atoms with Crippen molar-refractivity contribution >= 4 is 15.9 Å². The summed E-state index contributed by atoms with van der Waals surface area (Å²) in [6, 6.07) is 0.165. The second-order valence-electron chi connectivity index (χ2n) is 6.09. The fourth-order valence-corrected chi connectivity index (χ4v) is 4.25. The third-order valence-electron chi connectivity index (χ3n) is 4.63. The molecule has 0 unspecified atom stereocenters. The van der Waals surface area contributed by atoms with Gasteiger partial charge in [0.15, 0.2) is 0 Å². The molecule has 122 valence electrons. The van der Waals surface area contributed by atoms with E-state index in [4.69, 9.17) is 0 Å². The van der Waals surface area contributed by atoms with Crippen molar-refractivity contribution in [2.45, 2.75) is 57.6 Å². The van der Waals surface area contributed by atoms with Gasteiger partial charge < -0.3 is 10.4 Å². The number of aliphatic hydroxyl groups is 1. The fraction of sp³-hybridized carbons (Fsp3) is 0.929. The van der Waals surface area contributed by atoms with Gasteiger partial charge in [-0.05, 0) is 45.4 Å². The maximum Gasteiger partial charge on any atom is 0.223 e. The minimum Gasteiger partial charge on any atom is -0.393 e. The first-order valence-corrected chi connectivity index (χ1v) is 9.49. The molecule has 0 aromatic carbocycles. The summed E-state index contributed by atoms with van der Waals surface area (Å²) in [7, 11) is -3.13. The van der Waals surface area contributed by atoms with Gasteiger partial charge in [-0.25, -0.2) is 12.7 Å². The fourth-order valence-electron chi connectivity index (χ4n) is 3.12. The highest BCUT2D eigenvalue weighted by Gasteiger charge is 2.31. The van der Waals surface area contributed by atoms with Gasteiger partial charge in [0.2, 0.25) is 15.9 Å². The number of rotatable bonds is 4. The maximum absolute atomic E-state index is 12.2. The topological polar surface area (TPSA) is 86.7 Å². The molecule has 0 spiro atoms. The summed E-state index contributed by atoms with van der Waals surface area (Å²) in [5, 5.41) is 12.5. The van der Waals surface area contributed by atoms with Crippen LogP contribution in [0.3, 0.4) is 0 Å². The second kappa shape index (κ2) is 7.07. The minimum absolute atomic E-state index is 0.0462. The third kappa shape index (κ3) is 4.40. The van der Waals surface area contributed by atoms with Gasteiger partial charge in [-0.2, -0.15) is 0 Å². The number of piperidine rings is 1. The van der Waals surface area contributed by atoms with Crippen molar-refractivity contribution in [3.63, 3.8) is 0 Å². The molecule has 1 saturated heterocycles. The molecule has 0 radical (unpaired) electrons. The zero-order chi connectivity index (χ0) is 15.5. The molecule has 0 atom stereocenters. The van der Waals surface area contributed by atoms with E-state index in [1.807, 2.05) is 0 Å². The maximum atomic E-state index is 12.2. The van der Waals surface area contributed by atoms with E-state index < -0.39 is 10.0 Å². The summed E-state index contributed by atoms with van der Waals surface area (Å²) >= 11 is 0. The number of hydrogen-bond donors (Lipinski definition) is 2. The summed E-state index contributed by atoms with van der Waals surface area (Å²) in [6.45, 7) is 2.53. The Morgan fingerprint density at radius 3 is 2.24 bits per heavy atom. The van der Waals surface area contributed by atoms with Crippen molar-refractivity contribution in [2.75, 3.05) is 18.8 Å². The van der Waals surface area contributed by atoms with Gasteiger partial charge in [-0.3, -0.25) is 4.79 Å². The number of sulfonamides is 1. The lowest BCUT2D eigenvalue weighted by Crippen LogP contribution is -2.46. The van der Waals surface area contributed by atoms with Crippen molar-refractivity contribution in [1.29, 1.82) is 0 Å². The van der Waals surface area contributed by atoms with E-state index in [9.17, 15) is 18.3 Å². The highest BCUT2D eigenvalue weighted by Crippen LogP contribution is 2.22. The Morgan fingerprint density at radius 2 is 1.71 bits per heavy atom. The van der Waals surface area contributed by atoms with E-state index in [2.05, 4.69) is 5.32 Å². The van der Waals surface area contributed by atoms with Gasteiger partial charge in [0.25, 0.3) is 0 Å². The monoisotopic (exact) mass is 318 g/mol. The van der Waals surface area contributed by atoms with E-state index in [0.717, 1.165) is 25.7 Å². The van der Waals surface area contributed by atoms with Crippen LogP contribution in [0.5, 0.6) is 0 Å². The average molecular weight is 318 g/mol. The summed E-state index contributed by atoms with van der Waals surface area (Å²) in [5.74, 6) is 0.0824. The van der Waals surface area contributed by atoms with E-state index in [-0.39, 0.29) is 29.7 Å². The van der Waals surface area contributed by atoms with E-state index >= 15 is 0 Å². The average Bonchev–Trinajstić information content (AvgIpc) is 2.49. The molecule has 1 heterocycles. The lowest BCUT2D eigenvalue weighted by Gasteiger charge is -2.32. The molecule has 1 amide bonds. The molecule has 0 bridgehead atoms. The van der Waals surface area contributed by atoms with Gasteiger partial charge in [-0.15, -0.1) is 0 Å². The number of carbonyl (C=O) groups excluding carboxylic acids is 1. The Bertz CT molecular complexity index is 450. The van der Waals surface area contributed by atoms with Crippen LogP contribution in [-0.4, -0.2) is 54.7 Å². The molecule has 2 N–H and O–H groups in total. The zero-order valence-electron chi connectivity index (χ0n) is 12.6. The van der Waals surface area contributed by atoms with E-state index in [0.29, 0.717) is 25.9 Å². The molecule has 1 aliphatic heterocycles. The highest BCUT2D eigenvalue weighted by atomic mass is 32.2. The number of carbonyl (C=O) groups is 1. The number of aliphatic hydroxyl groups excluding tert-OH is 1. The Kier molecular flexibility index (Phi) is 5.62. The van der Waals surface area contributed by atoms with Gasteiger partial charge in [0, 0.05) is 25.0 Å². The summed E-state index contributed by atoms with van der Waals surface area (Å²) in [6.07, 6.45) is 4.13. The van der Waals surface area contributed by atoms with Gasteiger partial charge in [0.05, 0.1) is 11.9 Å². The number of hydrogen-bond acceptors (Lipinski definition) is 4. The predicted molar refractivity (Wildman–Crippen MR) is 80.2 cm³/mol. The van der Waals surface area contributed by atoms with Gasteiger partial charge >= 0.3 is 0 Å². The Morgan fingerprint density at radius 1 is 1.14 bits per heavy atom. The minimum atomic E-state index is -3.13. The quantitative estimate of drug-likeness (QED) is 0.789. The number of nitrogens with one attached hydrogen (secondary N) is 1. The normalized spacial score (nSPS) is 29.2. The van der Waals surface area contributed by atoms with Crippen LogP contribution in [0, 0.1) is 5.92 Å². The molecule has 21 heavy (non-hydrogen) atoms. The predicted octanol–water partition coefficient (Wildman–Crippen LogP) is 0.468. The smallest absolute Gasteiger partial charge is 0.223 e. The van der Waals surface area contributed by atoms with Crippen LogP contribution < -0.4 is 5.32 Å². The van der Waals surface area contributed by atoms with Crippen molar-refractivity contribution in [2.24, 2.45) is 5.92 Å². The van der Waals surface area contributed by atoms with Crippen LogP contribution in [0.2, 0.25) is 0 Å². The van der Waals surface area contributed by atoms with Crippen LogP contribution in [-0.2, 0) is 14.8 Å². The van der Waals surface area contributed by atoms with Crippen molar-refractivity contribution in [1.82, 2.24) is 9.62 Å².